The fourth-order valence-electron chi connectivity index (χ4n) is 2.47. The molecule has 0 bridgehead atoms. The summed E-state index contributed by atoms with van der Waals surface area (Å²) in [5.74, 6) is 0.634. The lowest BCUT2D eigenvalue weighted by atomic mass is 10.0. The molecule has 7 heteroatoms. The molecule has 0 saturated heterocycles. The van der Waals surface area contributed by atoms with E-state index in [1.54, 1.807) is 29.3 Å². The van der Waals surface area contributed by atoms with Gasteiger partial charge in [0.1, 0.15) is 12.7 Å². The molecule has 128 valence electrons. The van der Waals surface area contributed by atoms with Crippen molar-refractivity contribution in [1.82, 2.24) is 25.1 Å². The number of hydrogen-bond acceptors (Lipinski definition) is 4. The highest BCUT2D eigenvalue weighted by molar-refractivity contribution is 5.89. The average Bonchev–Trinajstić information content (AvgIpc) is 3.16. The Morgan fingerprint density at radius 3 is 2.60 bits per heavy atom. The van der Waals surface area contributed by atoms with Crippen molar-refractivity contribution in [3.05, 3.63) is 66.4 Å². The number of hydrogen-bond donors (Lipinski definition) is 2. The predicted molar refractivity (Wildman–Crippen MR) is 95.5 cm³/mol. The minimum atomic E-state index is -0.261. The first-order valence-electron chi connectivity index (χ1n) is 8.11. The summed E-state index contributed by atoms with van der Waals surface area (Å²) in [6.07, 6.45) is 5.40. The lowest BCUT2D eigenvalue weighted by Gasteiger charge is -2.18. The number of amides is 2. The van der Waals surface area contributed by atoms with Gasteiger partial charge in [-0.2, -0.15) is 5.10 Å². The molecule has 25 heavy (non-hydrogen) atoms. The second-order valence-corrected chi connectivity index (χ2v) is 5.72. The van der Waals surface area contributed by atoms with Crippen LogP contribution in [-0.2, 0) is 0 Å². The topological polar surface area (TPSA) is 84.7 Å². The second kappa shape index (κ2) is 7.57. The van der Waals surface area contributed by atoms with E-state index in [1.807, 2.05) is 38.1 Å². The van der Waals surface area contributed by atoms with Crippen LogP contribution < -0.4 is 10.6 Å². The maximum Gasteiger partial charge on any atom is 0.319 e. The predicted octanol–water partition coefficient (Wildman–Crippen LogP) is 3.24. The molecule has 2 aromatic heterocycles. The minimum Gasteiger partial charge on any atom is -0.331 e. The Hall–Kier alpha value is -3.22. The number of aryl methyl sites for hydroxylation is 1. The van der Waals surface area contributed by atoms with E-state index < -0.39 is 0 Å². The van der Waals surface area contributed by atoms with Crippen LogP contribution in [0.25, 0.3) is 5.82 Å². The molecule has 2 heterocycles. The number of pyridine rings is 1. The van der Waals surface area contributed by atoms with Gasteiger partial charge in [-0.1, -0.05) is 36.8 Å². The molecular formula is C18H20N6O. The number of carbonyl (C=O) groups excluding carboxylic acids is 1. The smallest absolute Gasteiger partial charge is 0.319 e. The molecule has 3 aromatic rings. The van der Waals surface area contributed by atoms with E-state index in [4.69, 9.17) is 0 Å². The van der Waals surface area contributed by atoms with Gasteiger partial charge in [0.15, 0.2) is 5.82 Å². The summed E-state index contributed by atoms with van der Waals surface area (Å²) in [6.45, 7) is 4.08. The molecule has 0 fully saturated rings. The van der Waals surface area contributed by atoms with Crippen molar-refractivity contribution in [3.63, 3.8) is 0 Å². The van der Waals surface area contributed by atoms with Crippen LogP contribution in [0, 0.1) is 6.92 Å². The summed E-state index contributed by atoms with van der Waals surface area (Å²) in [5.41, 5.74) is 2.89. The van der Waals surface area contributed by atoms with E-state index in [9.17, 15) is 4.79 Å². The second-order valence-electron chi connectivity index (χ2n) is 5.72. The molecule has 0 aliphatic carbocycles. The Morgan fingerprint density at radius 1 is 1.20 bits per heavy atom. The van der Waals surface area contributed by atoms with Crippen molar-refractivity contribution in [2.75, 3.05) is 5.32 Å². The zero-order chi connectivity index (χ0) is 17.6. The van der Waals surface area contributed by atoms with Gasteiger partial charge in [-0.3, -0.25) is 0 Å². The lowest BCUT2D eigenvalue weighted by Crippen LogP contribution is -2.32. The maximum atomic E-state index is 12.3. The van der Waals surface area contributed by atoms with Gasteiger partial charge >= 0.3 is 6.03 Å². The van der Waals surface area contributed by atoms with Crippen molar-refractivity contribution < 1.29 is 4.79 Å². The number of nitrogens with zero attached hydrogens (tertiary/aromatic N) is 4. The normalized spacial score (nSPS) is 11.8. The van der Waals surface area contributed by atoms with Crippen LogP contribution in [0.15, 0.2) is 55.2 Å². The van der Waals surface area contributed by atoms with Crippen molar-refractivity contribution >= 4 is 11.7 Å². The molecule has 0 aliphatic heterocycles. The first-order chi connectivity index (χ1) is 12.2. The zero-order valence-electron chi connectivity index (χ0n) is 14.2. The number of urea groups is 1. The highest BCUT2D eigenvalue weighted by Gasteiger charge is 2.12. The third-order valence-corrected chi connectivity index (χ3v) is 3.85. The Labute approximate surface area is 146 Å². The Kier molecular flexibility index (Phi) is 5.03. The lowest BCUT2D eigenvalue weighted by molar-refractivity contribution is 0.248. The van der Waals surface area contributed by atoms with Gasteiger partial charge in [-0.05, 0) is 31.0 Å². The minimum absolute atomic E-state index is 0.0389. The van der Waals surface area contributed by atoms with Crippen LogP contribution in [0.5, 0.6) is 0 Å². The molecule has 1 aromatic carbocycles. The highest BCUT2D eigenvalue weighted by Crippen LogP contribution is 2.17. The number of anilines is 1. The van der Waals surface area contributed by atoms with Gasteiger partial charge in [-0.25, -0.2) is 19.4 Å². The first kappa shape index (κ1) is 16.6. The van der Waals surface area contributed by atoms with Crippen LogP contribution in [0.2, 0.25) is 0 Å². The molecule has 0 radical (unpaired) electrons. The standard InChI is InChI=1S/C18H20N6O/c1-3-16(14-6-4-13(2)5-7-14)23-18(25)22-15-8-9-17(20-10-15)24-12-19-11-21-24/h4-12,16H,3H2,1-2H3,(H2,22,23,25). The summed E-state index contributed by atoms with van der Waals surface area (Å²) in [6, 6.07) is 11.4. The molecule has 0 spiro atoms. The van der Waals surface area contributed by atoms with Gasteiger partial charge in [0, 0.05) is 0 Å². The first-order valence-corrected chi connectivity index (χ1v) is 8.11. The molecular weight excluding hydrogens is 316 g/mol. The van der Waals surface area contributed by atoms with Crippen molar-refractivity contribution in [2.45, 2.75) is 26.3 Å². The van der Waals surface area contributed by atoms with E-state index in [-0.39, 0.29) is 12.1 Å². The van der Waals surface area contributed by atoms with Crippen molar-refractivity contribution in [3.8, 4) is 5.82 Å². The quantitative estimate of drug-likeness (QED) is 0.749. The highest BCUT2D eigenvalue weighted by atomic mass is 16.2. The van der Waals surface area contributed by atoms with Gasteiger partial charge < -0.3 is 10.6 Å². The SMILES string of the molecule is CCC(NC(=O)Nc1ccc(-n2cncn2)nc1)c1ccc(C)cc1. The number of carbonyl (C=O) groups is 1. The van der Waals surface area contributed by atoms with Crippen LogP contribution in [0.3, 0.4) is 0 Å². The number of rotatable bonds is 5. The summed E-state index contributed by atoms with van der Waals surface area (Å²) in [4.78, 5) is 20.4. The molecule has 1 unspecified atom stereocenters. The van der Waals surface area contributed by atoms with Crippen LogP contribution in [0.1, 0.15) is 30.5 Å². The summed E-state index contributed by atoms with van der Waals surface area (Å²) in [7, 11) is 0. The molecule has 0 saturated carbocycles. The van der Waals surface area contributed by atoms with E-state index >= 15 is 0 Å². The third-order valence-electron chi connectivity index (χ3n) is 3.85. The Bertz CT molecular complexity index is 812. The van der Waals surface area contributed by atoms with E-state index in [1.165, 1.54) is 11.9 Å². The number of aromatic nitrogens is 4. The number of benzene rings is 1. The van der Waals surface area contributed by atoms with Crippen LogP contribution >= 0.6 is 0 Å². The molecule has 3 rings (SSSR count). The van der Waals surface area contributed by atoms with E-state index in [0.29, 0.717) is 11.5 Å². The van der Waals surface area contributed by atoms with Gasteiger partial charge in [-0.15, -0.1) is 0 Å². The van der Waals surface area contributed by atoms with Crippen LogP contribution in [-0.4, -0.2) is 25.8 Å². The largest absolute Gasteiger partial charge is 0.331 e. The molecule has 0 aliphatic rings. The van der Waals surface area contributed by atoms with E-state index in [2.05, 4.69) is 25.7 Å². The maximum absolute atomic E-state index is 12.3. The molecule has 2 N–H and O–H groups in total. The van der Waals surface area contributed by atoms with Gasteiger partial charge in [0.2, 0.25) is 0 Å². The average molecular weight is 336 g/mol. The molecule has 2 amide bonds. The van der Waals surface area contributed by atoms with Gasteiger partial charge in [0.05, 0.1) is 17.9 Å². The monoisotopic (exact) mass is 336 g/mol. The third kappa shape index (κ3) is 4.20. The van der Waals surface area contributed by atoms with Crippen molar-refractivity contribution in [2.24, 2.45) is 0 Å². The zero-order valence-corrected chi connectivity index (χ0v) is 14.2. The molecule has 7 nitrogen and oxygen atoms in total. The fraction of sp³-hybridized carbons (Fsp3) is 0.222. The van der Waals surface area contributed by atoms with Crippen LogP contribution in [0.4, 0.5) is 10.5 Å². The summed E-state index contributed by atoms with van der Waals surface area (Å²) in [5, 5.41) is 9.80. The molecule has 1 atom stereocenters. The fourth-order valence-corrected chi connectivity index (χ4v) is 2.47. The van der Waals surface area contributed by atoms with Crippen molar-refractivity contribution in [1.29, 1.82) is 0 Å². The summed E-state index contributed by atoms with van der Waals surface area (Å²) < 4.78 is 1.55. The Morgan fingerprint density at radius 2 is 2.00 bits per heavy atom. The van der Waals surface area contributed by atoms with E-state index in [0.717, 1.165) is 12.0 Å². The van der Waals surface area contributed by atoms with Gasteiger partial charge in [0.25, 0.3) is 0 Å². The summed E-state index contributed by atoms with van der Waals surface area (Å²) >= 11 is 0. The Balaban J connectivity index is 1.62. The number of nitrogens with one attached hydrogen (secondary N) is 2.